The van der Waals surface area contributed by atoms with Gasteiger partial charge in [0.15, 0.2) is 5.69 Å². The number of nitro groups is 1. The summed E-state index contributed by atoms with van der Waals surface area (Å²) < 4.78 is 4.86. The third-order valence-corrected chi connectivity index (χ3v) is 2.50. The summed E-state index contributed by atoms with van der Waals surface area (Å²) in [4.78, 5) is 27.2. The second-order valence-electron chi connectivity index (χ2n) is 3.78. The SMILES string of the molecule is NCCN=c1ccc(N2[CH-]OCC2=O)c[c-]1[N+](=O)[O-]. The van der Waals surface area contributed by atoms with Gasteiger partial charge in [-0.3, -0.25) is 14.9 Å². The van der Waals surface area contributed by atoms with E-state index in [1.54, 1.807) is 6.07 Å². The van der Waals surface area contributed by atoms with Crippen molar-refractivity contribution in [1.82, 2.24) is 0 Å². The summed E-state index contributed by atoms with van der Waals surface area (Å²) >= 11 is 0. The van der Waals surface area contributed by atoms with Crippen molar-refractivity contribution in [3.8, 4) is 0 Å². The third-order valence-electron chi connectivity index (χ3n) is 2.50. The van der Waals surface area contributed by atoms with Gasteiger partial charge in [0.1, 0.15) is 0 Å². The van der Waals surface area contributed by atoms with Crippen molar-refractivity contribution >= 4 is 17.3 Å². The first-order valence-electron chi connectivity index (χ1n) is 5.56. The zero-order valence-electron chi connectivity index (χ0n) is 9.98. The maximum absolute atomic E-state index is 11.5. The van der Waals surface area contributed by atoms with E-state index >= 15 is 0 Å². The number of nitrogens with two attached hydrogens (primary N) is 1. The summed E-state index contributed by atoms with van der Waals surface area (Å²) in [5, 5.41) is 11.2. The quantitative estimate of drug-likeness (QED) is 0.454. The highest BCUT2D eigenvalue weighted by Gasteiger charge is 2.12. The molecule has 19 heavy (non-hydrogen) atoms. The van der Waals surface area contributed by atoms with E-state index in [4.69, 9.17) is 10.5 Å². The minimum absolute atomic E-state index is 0.0624. The van der Waals surface area contributed by atoms with Crippen molar-refractivity contribution in [1.29, 1.82) is 0 Å². The minimum atomic E-state index is -0.541. The predicted octanol–water partition coefficient (Wildman–Crippen LogP) is -0.344. The van der Waals surface area contributed by atoms with Crippen LogP contribution in [0.25, 0.3) is 0 Å². The summed E-state index contributed by atoms with van der Waals surface area (Å²) in [6.45, 7) is 1.79. The largest absolute Gasteiger partial charge is 0.525 e. The smallest absolute Gasteiger partial charge is 0.212 e. The lowest BCUT2D eigenvalue weighted by molar-refractivity contribution is -0.386. The van der Waals surface area contributed by atoms with Gasteiger partial charge in [-0.2, -0.15) is 0 Å². The van der Waals surface area contributed by atoms with Crippen LogP contribution in [0.2, 0.25) is 0 Å². The van der Waals surface area contributed by atoms with Gasteiger partial charge in [-0.15, -0.1) is 18.9 Å². The van der Waals surface area contributed by atoms with E-state index in [1.807, 2.05) is 0 Å². The maximum Gasteiger partial charge on any atom is 0.212 e. The maximum atomic E-state index is 11.5. The van der Waals surface area contributed by atoms with Crippen molar-refractivity contribution in [3.05, 3.63) is 40.4 Å². The van der Waals surface area contributed by atoms with Gasteiger partial charge in [0.2, 0.25) is 5.91 Å². The van der Waals surface area contributed by atoms with Crippen LogP contribution in [0.3, 0.4) is 0 Å². The Kier molecular flexibility index (Phi) is 3.93. The fourth-order valence-corrected chi connectivity index (χ4v) is 1.64. The molecule has 1 saturated heterocycles. The Bertz CT molecular complexity index is 566. The van der Waals surface area contributed by atoms with Crippen LogP contribution >= 0.6 is 0 Å². The van der Waals surface area contributed by atoms with Crippen LogP contribution in [-0.4, -0.2) is 30.5 Å². The number of hydrogen-bond acceptors (Lipinski definition) is 6. The van der Waals surface area contributed by atoms with Gasteiger partial charge >= 0.3 is 0 Å². The van der Waals surface area contributed by atoms with Gasteiger partial charge in [-0.25, -0.2) is 0 Å². The lowest BCUT2D eigenvalue weighted by Crippen LogP contribution is -2.23. The summed E-state index contributed by atoms with van der Waals surface area (Å²) in [5.74, 6) is -0.277. The topological polar surface area (TPSA) is 111 Å². The van der Waals surface area contributed by atoms with E-state index in [0.29, 0.717) is 18.8 Å². The van der Waals surface area contributed by atoms with E-state index in [0.717, 1.165) is 0 Å². The van der Waals surface area contributed by atoms with E-state index < -0.39 is 4.92 Å². The van der Waals surface area contributed by atoms with Crippen LogP contribution in [0.4, 0.5) is 11.4 Å². The molecule has 1 heterocycles. The zero-order chi connectivity index (χ0) is 13.8. The van der Waals surface area contributed by atoms with Crippen LogP contribution in [0.1, 0.15) is 0 Å². The van der Waals surface area contributed by atoms with E-state index in [2.05, 4.69) is 4.99 Å². The summed E-state index contributed by atoms with van der Waals surface area (Å²) in [6, 6.07) is 4.35. The molecule has 8 nitrogen and oxygen atoms in total. The van der Waals surface area contributed by atoms with Crippen LogP contribution in [-0.2, 0) is 9.53 Å². The number of amides is 1. The number of benzene rings is 1. The summed E-state index contributed by atoms with van der Waals surface area (Å²) in [7, 11) is 0. The van der Waals surface area contributed by atoms with Crippen molar-refractivity contribution in [2.45, 2.75) is 0 Å². The lowest BCUT2D eigenvalue weighted by atomic mass is 10.2. The monoisotopic (exact) mass is 264 g/mol. The highest BCUT2D eigenvalue weighted by molar-refractivity contribution is 5.97. The number of carbonyl (C=O) groups is 1. The molecule has 0 saturated carbocycles. The van der Waals surface area contributed by atoms with Gasteiger partial charge in [0.25, 0.3) is 0 Å². The highest BCUT2D eigenvalue weighted by atomic mass is 16.6. The van der Waals surface area contributed by atoms with Gasteiger partial charge in [-0.1, -0.05) is 11.8 Å². The van der Waals surface area contributed by atoms with Gasteiger partial charge in [0, 0.05) is 23.4 Å². The molecule has 0 unspecified atom stereocenters. The molecule has 2 rings (SSSR count). The number of hydrogen-bond donors (Lipinski definition) is 1. The van der Waals surface area contributed by atoms with Crippen LogP contribution in [0.5, 0.6) is 0 Å². The molecule has 102 valence electrons. The third kappa shape index (κ3) is 2.80. The highest BCUT2D eigenvalue weighted by Crippen LogP contribution is 2.22. The van der Waals surface area contributed by atoms with Crippen molar-refractivity contribution in [2.24, 2.45) is 10.7 Å². The first-order chi connectivity index (χ1) is 9.13. The molecule has 0 aliphatic carbocycles. The second-order valence-corrected chi connectivity index (χ2v) is 3.78. The predicted molar refractivity (Wildman–Crippen MR) is 65.9 cm³/mol. The van der Waals surface area contributed by atoms with Crippen molar-refractivity contribution in [2.75, 3.05) is 24.6 Å². The molecule has 1 aromatic rings. The standard InChI is InChI=1S/C11H12N4O4/c12-3-4-13-9-2-1-8(5-10(9)15(17)18)14-7-19-6-11(14)16/h1-2,5,7H,3-4,6,12H2/q-2. The number of rotatable bonds is 4. The fraction of sp³-hybridized carbons (Fsp3) is 0.273. The molecule has 1 aliphatic heterocycles. The molecular formula is C11H12N4O4-2. The van der Waals surface area contributed by atoms with Crippen LogP contribution in [0.15, 0.2) is 23.2 Å². The summed E-state index contributed by atoms with van der Waals surface area (Å²) in [5.41, 5.74) is 5.52. The molecule has 0 aromatic heterocycles. The molecule has 8 heteroatoms. The normalized spacial score (nSPS) is 16.2. The average molecular weight is 264 g/mol. The Morgan fingerprint density at radius 2 is 2.42 bits per heavy atom. The average Bonchev–Trinajstić information content (AvgIpc) is 2.82. The van der Waals surface area contributed by atoms with Crippen LogP contribution in [0, 0.1) is 16.8 Å². The van der Waals surface area contributed by atoms with Crippen LogP contribution < -0.4 is 16.0 Å². The van der Waals surface area contributed by atoms with Gasteiger partial charge in [0.05, 0.1) is 6.61 Å². The van der Waals surface area contributed by atoms with Gasteiger partial charge < -0.3 is 20.4 Å². The minimum Gasteiger partial charge on any atom is -0.525 e. The Morgan fingerprint density at radius 3 is 3.00 bits per heavy atom. The van der Waals surface area contributed by atoms with E-state index in [9.17, 15) is 14.9 Å². The number of ether oxygens (including phenoxy) is 1. The molecule has 1 fully saturated rings. The number of nitrogens with zero attached hydrogens (tertiary/aromatic N) is 3. The molecule has 0 spiro atoms. The van der Waals surface area contributed by atoms with E-state index in [1.165, 1.54) is 23.8 Å². The summed E-state index contributed by atoms with van der Waals surface area (Å²) in [6.07, 6.45) is 0. The zero-order valence-corrected chi connectivity index (χ0v) is 9.98. The van der Waals surface area contributed by atoms with Crippen molar-refractivity contribution in [3.63, 3.8) is 0 Å². The molecule has 0 bridgehead atoms. The number of non-ortho nitro benzene ring substituents is 1. The van der Waals surface area contributed by atoms with E-state index in [-0.39, 0.29) is 23.6 Å². The fourth-order valence-electron chi connectivity index (χ4n) is 1.64. The molecule has 1 aromatic carbocycles. The van der Waals surface area contributed by atoms with Crippen molar-refractivity contribution < 1.29 is 14.5 Å². The molecule has 2 N–H and O–H groups in total. The molecule has 1 amide bonds. The number of carbonyl (C=O) groups excluding carboxylic acids is 1. The Hall–Kier alpha value is -2.19. The molecule has 0 atom stereocenters. The Morgan fingerprint density at radius 1 is 1.63 bits per heavy atom. The molecule has 1 aliphatic rings. The Labute approximate surface area is 108 Å². The lowest BCUT2D eigenvalue weighted by Gasteiger charge is -2.29. The second kappa shape index (κ2) is 5.63. The molecule has 0 radical (unpaired) electrons. The molecular weight excluding hydrogens is 252 g/mol. The number of anilines is 1. The number of nitro benzene ring substituents is 1. The Balaban J connectivity index is 2.41. The first-order valence-corrected chi connectivity index (χ1v) is 5.56. The first kappa shape index (κ1) is 13.2. The van der Waals surface area contributed by atoms with Gasteiger partial charge in [-0.05, 0) is 0 Å².